The minimum absolute atomic E-state index is 0.0868. The zero-order valence-corrected chi connectivity index (χ0v) is 35.6. The van der Waals surface area contributed by atoms with Crippen LogP contribution in [0.3, 0.4) is 0 Å². The highest BCUT2D eigenvalue weighted by Gasteiger charge is 2.42. The molecule has 10 aromatic carbocycles. The molecule has 3 aromatic heterocycles. The number of furan rings is 1. The predicted molar refractivity (Wildman–Crippen MR) is 271 cm³/mol. The van der Waals surface area contributed by atoms with E-state index in [0.717, 1.165) is 65.8 Å². The van der Waals surface area contributed by atoms with Gasteiger partial charge in [0, 0.05) is 32.6 Å². The van der Waals surface area contributed by atoms with Crippen LogP contribution in [0.15, 0.2) is 247 Å². The number of hydrogen-bond acceptors (Lipinski definition) is 1. The normalized spacial score (nSPS) is 12.9. The van der Waals surface area contributed by atoms with Crippen LogP contribution in [0, 0.1) is 0 Å². The van der Waals surface area contributed by atoms with Crippen LogP contribution in [-0.4, -0.2) is 17.2 Å². The smallest absolute Gasteiger partial charge is 0.179 e. The zero-order valence-electron chi connectivity index (χ0n) is 38.6. The molecule has 300 valence electrons. The second-order valence-electron chi connectivity index (χ2n) is 16.5. The maximum atomic E-state index is 9.74. The van der Waals surface area contributed by atoms with Gasteiger partial charge in [0.2, 0.25) is 0 Å². The third-order valence-corrected chi connectivity index (χ3v) is 17.9. The Morgan fingerprint density at radius 3 is 1.64 bits per heavy atom. The molecule has 0 radical (unpaired) electrons. The van der Waals surface area contributed by atoms with Crippen molar-refractivity contribution in [1.29, 1.82) is 0 Å². The molecular weight excluding hydrogens is 793 g/mol. The van der Waals surface area contributed by atoms with Gasteiger partial charge >= 0.3 is 0 Å². The molecule has 0 unspecified atom stereocenters. The quantitative estimate of drug-likeness (QED) is 0.116. The third kappa shape index (κ3) is 5.33. The number of benzene rings is 10. The lowest BCUT2D eigenvalue weighted by Gasteiger charge is -2.35. The molecule has 0 saturated carbocycles. The van der Waals surface area contributed by atoms with Crippen molar-refractivity contribution in [3.05, 3.63) is 243 Å². The van der Waals surface area contributed by atoms with Crippen molar-refractivity contribution in [2.24, 2.45) is 0 Å². The van der Waals surface area contributed by atoms with Gasteiger partial charge < -0.3 is 13.6 Å². The van der Waals surface area contributed by atoms with Crippen molar-refractivity contribution in [1.82, 2.24) is 9.13 Å². The van der Waals surface area contributed by atoms with Gasteiger partial charge in [-0.1, -0.05) is 200 Å². The number of fused-ring (bicyclic) bond motifs is 10. The van der Waals surface area contributed by atoms with E-state index < -0.39 is 8.07 Å². The number of para-hydroxylation sites is 4. The second-order valence-corrected chi connectivity index (χ2v) is 20.3. The molecule has 0 aliphatic heterocycles. The Morgan fingerprint density at radius 1 is 0.391 bits per heavy atom. The number of hydrogen-bond donors (Lipinski definition) is 0. The molecule has 4 heteroatoms. The Morgan fingerprint density at radius 2 is 0.938 bits per heavy atom. The Bertz CT molecular complexity index is 4050. The summed E-state index contributed by atoms with van der Waals surface area (Å²) in [6.07, 6.45) is 0. The average molecular weight is 837 g/mol. The summed E-state index contributed by atoms with van der Waals surface area (Å²) < 4.78 is 49.0. The predicted octanol–water partition coefficient (Wildman–Crippen LogP) is 12.8. The van der Waals surface area contributed by atoms with Crippen LogP contribution in [0.4, 0.5) is 0 Å². The SMILES string of the molecule is [2H]c1c([2H])c([2H])c2c(c1[2H])c1cc(-n3c4ccccc4c4ccccc43)c3oc4ccccc4c3c1n2-c1cccc([Si](c2ccccc2)(c2ccccc2)c2cccc(-c3ccccc3)c2)c1. The second kappa shape index (κ2) is 14.5. The first-order chi connectivity index (χ1) is 33.4. The Hall–Kier alpha value is -8.18. The number of nitrogens with zero attached hydrogens (tertiary/aromatic N) is 2. The number of aromatic nitrogens is 2. The summed E-state index contributed by atoms with van der Waals surface area (Å²) in [6.45, 7) is 0. The van der Waals surface area contributed by atoms with Gasteiger partial charge in [-0.25, -0.2) is 0 Å². The van der Waals surface area contributed by atoms with Gasteiger partial charge in [-0.3, -0.25) is 0 Å². The average Bonchev–Trinajstić information content (AvgIpc) is 4.07. The Balaban J connectivity index is 1.19. The first kappa shape index (κ1) is 32.5. The van der Waals surface area contributed by atoms with Crippen LogP contribution in [-0.2, 0) is 0 Å². The molecule has 0 bridgehead atoms. The molecule has 0 aliphatic rings. The number of rotatable bonds is 7. The van der Waals surface area contributed by atoms with E-state index in [4.69, 9.17) is 7.16 Å². The summed E-state index contributed by atoms with van der Waals surface area (Å²) in [5.74, 6) is 0. The van der Waals surface area contributed by atoms with Gasteiger partial charge in [0.25, 0.3) is 0 Å². The largest absolute Gasteiger partial charge is 0.454 e. The summed E-state index contributed by atoms with van der Waals surface area (Å²) in [5.41, 5.74) is 8.40. The fraction of sp³-hybridized carbons (Fsp3) is 0. The lowest BCUT2D eigenvalue weighted by molar-refractivity contribution is 0.666. The van der Waals surface area contributed by atoms with Gasteiger partial charge in [0.15, 0.2) is 13.7 Å². The van der Waals surface area contributed by atoms with Crippen LogP contribution in [0.5, 0.6) is 0 Å². The molecule has 13 aromatic rings. The highest BCUT2D eigenvalue weighted by molar-refractivity contribution is 7.20. The first-order valence-corrected chi connectivity index (χ1v) is 23.7. The fourth-order valence-electron chi connectivity index (χ4n) is 10.5. The lowest BCUT2D eigenvalue weighted by Crippen LogP contribution is -2.74. The van der Waals surface area contributed by atoms with Crippen LogP contribution in [0.1, 0.15) is 5.48 Å². The summed E-state index contributed by atoms with van der Waals surface area (Å²) in [7, 11) is -3.16. The van der Waals surface area contributed by atoms with Gasteiger partial charge in [0.05, 0.1) is 38.6 Å². The molecule has 64 heavy (non-hydrogen) atoms. The van der Waals surface area contributed by atoms with Gasteiger partial charge in [0.1, 0.15) is 5.58 Å². The molecule has 0 aliphatic carbocycles. The Labute approximate surface area is 376 Å². The van der Waals surface area contributed by atoms with E-state index in [9.17, 15) is 2.74 Å². The molecule has 13 rings (SSSR count). The fourth-order valence-corrected chi connectivity index (χ4v) is 15.3. The van der Waals surface area contributed by atoms with Gasteiger partial charge in [-0.2, -0.15) is 0 Å². The van der Waals surface area contributed by atoms with E-state index in [-0.39, 0.29) is 24.2 Å². The van der Waals surface area contributed by atoms with E-state index in [1.54, 1.807) is 0 Å². The standard InChI is InChI=1S/C60H40N2OSi/c1-4-20-41(21-5-1)42-22-18-28-46(38-42)64(44-24-6-2-7-25-44,45-26-8-3-9-27-45)47-29-19-23-43(39-47)61-53-34-14-12-32-50(53)52-40-56(60-58(59(52)61)51-33-13-17-37-57(51)63-60)62-54-35-15-10-30-48(54)49-31-11-16-36-55(49)62/h1-40H/i12D,14D,32D,34D. The van der Waals surface area contributed by atoms with Crippen LogP contribution < -0.4 is 20.7 Å². The third-order valence-electron chi connectivity index (χ3n) is 13.2. The van der Waals surface area contributed by atoms with Crippen molar-refractivity contribution in [3.63, 3.8) is 0 Å². The molecule has 3 heterocycles. The van der Waals surface area contributed by atoms with E-state index >= 15 is 0 Å². The molecule has 0 amide bonds. The molecule has 0 saturated heterocycles. The zero-order chi connectivity index (χ0) is 45.7. The molecular formula is C60H40N2OSi. The lowest BCUT2D eigenvalue weighted by atomic mass is 10.1. The first-order valence-electron chi connectivity index (χ1n) is 23.7. The maximum absolute atomic E-state index is 9.74. The summed E-state index contributed by atoms with van der Waals surface area (Å²) in [6, 6.07) is 76.1. The van der Waals surface area contributed by atoms with E-state index in [2.05, 4.69) is 191 Å². The van der Waals surface area contributed by atoms with Crippen LogP contribution >= 0.6 is 0 Å². The van der Waals surface area contributed by atoms with E-state index in [1.165, 1.54) is 15.6 Å². The monoisotopic (exact) mass is 836 g/mol. The minimum atomic E-state index is -3.16. The minimum Gasteiger partial charge on any atom is -0.454 e. The summed E-state index contributed by atoms with van der Waals surface area (Å²) in [5, 5.41) is 9.88. The molecule has 0 fully saturated rings. The molecule has 0 atom stereocenters. The maximum Gasteiger partial charge on any atom is 0.179 e. The summed E-state index contributed by atoms with van der Waals surface area (Å²) in [4.78, 5) is 0. The molecule has 0 N–H and O–H groups in total. The van der Waals surface area contributed by atoms with Crippen molar-refractivity contribution < 1.29 is 9.90 Å². The van der Waals surface area contributed by atoms with Crippen molar-refractivity contribution in [2.75, 3.05) is 0 Å². The highest BCUT2D eigenvalue weighted by Crippen LogP contribution is 2.45. The van der Waals surface area contributed by atoms with E-state index in [1.807, 2.05) is 36.4 Å². The van der Waals surface area contributed by atoms with E-state index in [0.29, 0.717) is 27.5 Å². The van der Waals surface area contributed by atoms with Gasteiger partial charge in [-0.15, -0.1) is 0 Å². The van der Waals surface area contributed by atoms with Crippen molar-refractivity contribution in [2.45, 2.75) is 0 Å². The van der Waals surface area contributed by atoms with Gasteiger partial charge in [-0.05, 0) is 74.3 Å². The van der Waals surface area contributed by atoms with Crippen molar-refractivity contribution in [3.8, 4) is 22.5 Å². The highest BCUT2D eigenvalue weighted by atomic mass is 28.3. The topological polar surface area (TPSA) is 23.0 Å². The molecule has 3 nitrogen and oxygen atoms in total. The summed E-state index contributed by atoms with van der Waals surface area (Å²) >= 11 is 0. The Kier molecular flexibility index (Phi) is 7.34. The van der Waals surface area contributed by atoms with Crippen molar-refractivity contribution >= 4 is 94.4 Å². The van der Waals surface area contributed by atoms with Crippen LogP contribution in [0.25, 0.3) is 88.1 Å². The molecule has 0 spiro atoms. The van der Waals surface area contributed by atoms with Crippen LogP contribution in [0.2, 0.25) is 0 Å².